The lowest BCUT2D eigenvalue weighted by Gasteiger charge is -2.19. The largest absolute Gasteiger partial charge is 0.366 e. The number of rotatable bonds is 5. The predicted octanol–water partition coefficient (Wildman–Crippen LogP) is 6.30. The van der Waals surface area contributed by atoms with Crippen LogP contribution in [-0.4, -0.2) is 24.8 Å². The van der Waals surface area contributed by atoms with Gasteiger partial charge in [-0.2, -0.15) is 0 Å². The molecule has 0 amide bonds. The molecule has 134 valence electrons. The molecule has 0 bridgehead atoms. The van der Waals surface area contributed by atoms with Crippen molar-refractivity contribution in [1.82, 2.24) is 4.90 Å². The van der Waals surface area contributed by atoms with Crippen LogP contribution in [-0.2, 0) is 5.41 Å². The molecule has 2 aromatic carbocycles. The molecule has 4 heteroatoms. The second-order valence-corrected chi connectivity index (χ2v) is 7.79. The monoisotopic (exact) mass is 357 g/mol. The quantitative estimate of drug-likeness (QED) is 0.502. The molecule has 0 aliphatic carbocycles. The molecular formula is C21H28ClN3. The van der Waals surface area contributed by atoms with Gasteiger partial charge in [-0.05, 0) is 54.7 Å². The Morgan fingerprint density at radius 2 is 1.80 bits per heavy atom. The zero-order valence-corrected chi connectivity index (χ0v) is 16.8. The average molecular weight is 358 g/mol. The first-order valence-electron chi connectivity index (χ1n) is 8.63. The third-order valence-corrected chi connectivity index (χ3v) is 4.52. The van der Waals surface area contributed by atoms with Crippen molar-refractivity contribution in [3.05, 3.63) is 52.5 Å². The summed E-state index contributed by atoms with van der Waals surface area (Å²) in [5, 5.41) is 4.05. The maximum absolute atomic E-state index is 6.57. The van der Waals surface area contributed by atoms with E-state index in [2.05, 4.69) is 62.3 Å². The summed E-state index contributed by atoms with van der Waals surface area (Å²) in [4.78, 5) is 6.53. The average Bonchev–Trinajstić information content (AvgIpc) is 2.55. The molecule has 1 N–H and O–H groups in total. The van der Waals surface area contributed by atoms with Crippen molar-refractivity contribution in [3.8, 4) is 0 Å². The lowest BCUT2D eigenvalue weighted by molar-refractivity contribution is 0.552. The number of anilines is 2. The van der Waals surface area contributed by atoms with E-state index in [-0.39, 0.29) is 5.41 Å². The first kappa shape index (κ1) is 19.3. The van der Waals surface area contributed by atoms with Gasteiger partial charge in [0.15, 0.2) is 0 Å². The normalized spacial score (nSPS) is 11.8. The first-order chi connectivity index (χ1) is 11.7. The fourth-order valence-electron chi connectivity index (χ4n) is 2.39. The number of hydrogen-bond donors (Lipinski definition) is 1. The third kappa shape index (κ3) is 5.23. The van der Waals surface area contributed by atoms with Crippen LogP contribution in [0.4, 0.5) is 17.1 Å². The number of nitrogens with one attached hydrogen (secondary N) is 1. The van der Waals surface area contributed by atoms with Crippen LogP contribution in [0.1, 0.15) is 38.8 Å². The van der Waals surface area contributed by atoms with Crippen molar-refractivity contribution < 1.29 is 0 Å². The molecule has 0 spiro atoms. The number of aliphatic imine (C=N–C) groups is 1. The number of halogens is 1. The van der Waals surface area contributed by atoms with E-state index in [1.807, 2.05) is 37.3 Å². The Morgan fingerprint density at radius 1 is 1.16 bits per heavy atom. The highest BCUT2D eigenvalue weighted by atomic mass is 35.5. The summed E-state index contributed by atoms with van der Waals surface area (Å²) in [6.07, 6.45) is 1.81. The smallest absolute Gasteiger partial charge is 0.0910 e. The Hall–Kier alpha value is -2.00. The van der Waals surface area contributed by atoms with Crippen LogP contribution in [0.3, 0.4) is 0 Å². The van der Waals surface area contributed by atoms with E-state index >= 15 is 0 Å². The molecule has 0 unspecified atom stereocenters. The summed E-state index contributed by atoms with van der Waals surface area (Å²) >= 11 is 6.57. The lowest BCUT2D eigenvalue weighted by Crippen LogP contribution is -2.14. The van der Waals surface area contributed by atoms with Gasteiger partial charge in [0.1, 0.15) is 0 Å². The SMILES string of the molecule is CCN(C)/C=N\c1cc(C)cc(Nc2ccc(C(C)(C)C)cc2)c1Cl. The summed E-state index contributed by atoms with van der Waals surface area (Å²) in [5.41, 5.74) is 5.23. The molecule has 0 aliphatic heterocycles. The molecule has 3 nitrogen and oxygen atoms in total. The Balaban J connectivity index is 2.27. The minimum absolute atomic E-state index is 0.146. The van der Waals surface area contributed by atoms with Gasteiger partial charge in [-0.3, -0.25) is 0 Å². The maximum Gasteiger partial charge on any atom is 0.0910 e. The number of nitrogens with zero attached hydrogens (tertiary/aromatic N) is 2. The standard InChI is InChI=1S/C21H28ClN3/c1-7-25(6)14-23-18-12-15(2)13-19(20(18)22)24-17-10-8-16(9-11-17)21(3,4)5/h8-14,24H,7H2,1-6H3/b23-14-. The lowest BCUT2D eigenvalue weighted by atomic mass is 9.87. The highest BCUT2D eigenvalue weighted by Gasteiger charge is 2.13. The second kappa shape index (κ2) is 7.92. The van der Waals surface area contributed by atoms with E-state index in [0.29, 0.717) is 5.02 Å². The van der Waals surface area contributed by atoms with Crippen LogP contribution in [0.2, 0.25) is 5.02 Å². The van der Waals surface area contributed by atoms with Gasteiger partial charge < -0.3 is 10.2 Å². The minimum Gasteiger partial charge on any atom is -0.366 e. The van der Waals surface area contributed by atoms with Gasteiger partial charge in [-0.1, -0.05) is 44.5 Å². The molecule has 2 aromatic rings. The molecule has 25 heavy (non-hydrogen) atoms. The van der Waals surface area contributed by atoms with Crippen LogP contribution >= 0.6 is 11.6 Å². The van der Waals surface area contributed by atoms with Crippen LogP contribution in [0, 0.1) is 6.92 Å². The Labute approximate surface area is 156 Å². The second-order valence-electron chi connectivity index (χ2n) is 7.42. The molecule has 2 rings (SSSR count). The fourth-order valence-corrected chi connectivity index (χ4v) is 2.59. The molecule has 0 atom stereocenters. The topological polar surface area (TPSA) is 27.6 Å². The number of aryl methyl sites for hydroxylation is 1. The van der Waals surface area contributed by atoms with Crippen molar-refractivity contribution in [2.45, 2.75) is 40.0 Å². The van der Waals surface area contributed by atoms with Gasteiger partial charge in [-0.15, -0.1) is 0 Å². The van der Waals surface area contributed by atoms with E-state index in [1.54, 1.807) is 0 Å². The van der Waals surface area contributed by atoms with Crippen LogP contribution < -0.4 is 5.32 Å². The zero-order chi connectivity index (χ0) is 18.6. The van der Waals surface area contributed by atoms with Crippen molar-refractivity contribution in [3.63, 3.8) is 0 Å². The van der Waals surface area contributed by atoms with E-state index in [0.717, 1.165) is 29.2 Å². The summed E-state index contributed by atoms with van der Waals surface area (Å²) in [6.45, 7) is 11.7. The molecule has 0 aromatic heterocycles. The Kier molecular flexibility index (Phi) is 6.12. The summed E-state index contributed by atoms with van der Waals surface area (Å²) in [5.74, 6) is 0. The van der Waals surface area contributed by atoms with Gasteiger partial charge in [0.2, 0.25) is 0 Å². The maximum atomic E-state index is 6.57. The summed E-state index contributed by atoms with van der Waals surface area (Å²) in [7, 11) is 1.99. The van der Waals surface area contributed by atoms with Gasteiger partial charge >= 0.3 is 0 Å². The Morgan fingerprint density at radius 3 is 2.36 bits per heavy atom. The van der Waals surface area contributed by atoms with Crippen molar-refractivity contribution in [2.75, 3.05) is 18.9 Å². The predicted molar refractivity (Wildman–Crippen MR) is 111 cm³/mol. The van der Waals surface area contributed by atoms with Crippen LogP contribution in [0.15, 0.2) is 41.4 Å². The van der Waals surface area contributed by atoms with Crippen molar-refractivity contribution in [1.29, 1.82) is 0 Å². The van der Waals surface area contributed by atoms with Gasteiger partial charge in [0.25, 0.3) is 0 Å². The van der Waals surface area contributed by atoms with Crippen LogP contribution in [0.5, 0.6) is 0 Å². The fraction of sp³-hybridized carbons (Fsp3) is 0.381. The minimum atomic E-state index is 0.146. The van der Waals surface area contributed by atoms with Gasteiger partial charge in [0, 0.05) is 19.3 Å². The summed E-state index contributed by atoms with van der Waals surface area (Å²) < 4.78 is 0. The van der Waals surface area contributed by atoms with E-state index in [1.165, 1.54) is 5.56 Å². The van der Waals surface area contributed by atoms with Crippen molar-refractivity contribution in [2.24, 2.45) is 4.99 Å². The number of benzene rings is 2. The zero-order valence-electron chi connectivity index (χ0n) is 16.0. The van der Waals surface area contributed by atoms with E-state index in [4.69, 9.17) is 11.6 Å². The molecular weight excluding hydrogens is 330 g/mol. The van der Waals surface area contributed by atoms with Gasteiger partial charge in [-0.25, -0.2) is 4.99 Å². The van der Waals surface area contributed by atoms with Gasteiger partial charge in [0.05, 0.1) is 22.7 Å². The van der Waals surface area contributed by atoms with E-state index < -0.39 is 0 Å². The molecule has 0 aliphatic rings. The summed E-state index contributed by atoms with van der Waals surface area (Å²) in [6, 6.07) is 12.5. The first-order valence-corrected chi connectivity index (χ1v) is 9.00. The highest BCUT2D eigenvalue weighted by molar-refractivity contribution is 6.36. The molecule has 0 radical (unpaired) electrons. The molecule has 0 saturated carbocycles. The molecule has 0 saturated heterocycles. The number of hydrogen-bond acceptors (Lipinski definition) is 2. The molecule has 0 heterocycles. The van der Waals surface area contributed by atoms with E-state index in [9.17, 15) is 0 Å². The Bertz CT molecular complexity index is 743. The van der Waals surface area contributed by atoms with Crippen LogP contribution in [0.25, 0.3) is 0 Å². The highest BCUT2D eigenvalue weighted by Crippen LogP contribution is 2.36. The molecule has 0 fully saturated rings. The third-order valence-electron chi connectivity index (χ3n) is 4.12. The van der Waals surface area contributed by atoms with Crippen molar-refractivity contribution >= 4 is 35.0 Å².